The van der Waals surface area contributed by atoms with Crippen LogP contribution in [0.4, 0.5) is 0 Å². The maximum absolute atomic E-state index is 10.6. The Bertz CT molecular complexity index is 202. The number of rotatable bonds is 3. The van der Waals surface area contributed by atoms with Crippen LogP contribution in [0.1, 0.15) is 0 Å². The summed E-state index contributed by atoms with van der Waals surface area (Å²) in [6, 6.07) is 0. The minimum Gasteiger partial charge on any atom is -0.516 e. The molecule has 0 aliphatic carbocycles. The van der Waals surface area contributed by atoms with E-state index in [-0.39, 0.29) is 0 Å². The predicted molar refractivity (Wildman–Crippen MR) is 37.9 cm³/mol. The smallest absolute Gasteiger partial charge is 0.378 e. The van der Waals surface area contributed by atoms with Gasteiger partial charge in [-0.2, -0.15) is 0 Å². The number of carbonyl (C=O) groups excluding carboxylic acids is 2. The molecule has 0 aromatic rings. The van der Waals surface area contributed by atoms with Crippen molar-refractivity contribution in [3.05, 3.63) is 24.5 Å². The van der Waals surface area contributed by atoms with Gasteiger partial charge in [0.15, 0.2) is 0 Å². The summed E-state index contributed by atoms with van der Waals surface area (Å²) in [6.45, 7) is 0. The number of esters is 1. The Morgan fingerprint density at radius 1 is 1.36 bits per heavy atom. The number of hydrogen-bond acceptors (Lipinski definition) is 4. The normalized spacial score (nSPS) is 10.6. The number of aliphatic hydroxyl groups is 1. The molecule has 0 unspecified atom stereocenters. The highest BCUT2D eigenvalue weighted by Gasteiger charge is 2.07. The van der Waals surface area contributed by atoms with Gasteiger partial charge in [0.2, 0.25) is 0 Å². The Morgan fingerprint density at radius 2 is 2.00 bits per heavy atom. The minimum atomic E-state index is -0.924. The van der Waals surface area contributed by atoms with Crippen LogP contribution in [-0.4, -0.2) is 24.0 Å². The van der Waals surface area contributed by atoms with Gasteiger partial charge in [0.05, 0.1) is 13.4 Å². The Labute approximate surface area is 63.8 Å². The van der Waals surface area contributed by atoms with Crippen molar-refractivity contribution < 1.29 is 19.4 Å². The highest BCUT2D eigenvalue weighted by atomic mass is 16.5. The first-order valence-corrected chi connectivity index (χ1v) is 2.82. The van der Waals surface area contributed by atoms with E-state index in [0.717, 1.165) is 19.4 Å². The zero-order valence-corrected chi connectivity index (χ0v) is 5.98. The van der Waals surface area contributed by atoms with Crippen LogP contribution < -0.4 is 0 Å². The molecule has 4 nitrogen and oxygen atoms in total. The summed E-state index contributed by atoms with van der Waals surface area (Å²) < 4.78 is 4.12. The molecule has 0 heterocycles. The first-order valence-electron chi connectivity index (χ1n) is 2.82. The van der Waals surface area contributed by atoms with Crippen LogP contribution in [0.15, 0.2) is 24.5 Å². The number of carbonyl (C=O) groups is 2. The molecule has 0 bridgehead atoms. The molecule has 1 N–H and O–H groups in total. The molecule has 60 valence electrons. The fourth-order valence-electron chi connectivity index (χ4n) is 0.361. The third-order valence-corrected chi connectivity index (χ3v) is 0.831. The van der Waals surface area contributed by atoms with Crippen LogP contribution in [0.25, 0.3) is 0 Å². The summed E-state index contributed by atoms with van der Waals surface area (Å²) in [7, 11) is 1.12. The predicted octanol–water partition coefficient (Wildman–Crippen LogP) is 0.356. The van der Waals surface area contributed by atoms with Gasteiger partial charge in [-0.1, -0.05) is 6.08 Å². The number of ether oxygens (including phenoxy) is 1. The summed E-state index contributed by atoms with van der Waals surface area (Å²) in [5.74, 6) is -1.68. The molecule has 0 aromatic carbocycles. The second-order valence-electron chi connectivity index (χ2n) is 1.56. The van der Waals surface area contributed by atoms with Gasteiger partial charge < -0.3 is 9.84 Å². The highest BCUT2D eigenvalue weighted by molar-refractivity contribution is 6.38. The molecule has 0 saturated heterocycles. The molecule has 0 amide bonds. The van der Waals surface area contributed by atoms with E-state index in [9.17, 15) is 9.59 Å². The number of allylic oxidation sites excluding steroid dienone is 2. The van der Waals surface area contributed by atoms with Crippen LogP contribution >= 0.6 is 0 Å². The lowest BCUT2D eigenvalue weighted by Gasteiger charge is -1.89. The van der Waals surface area contributed by atoms with Gasteiger partial charge in [-0.15, -0.1) is 0 Å². The third-order valence-electron chi connectivity index (χ3n) is 0.831. The SMILES string of the molecule is COC(=O)C(=O)/C=C/C=C\O. The van der Waals surface area contributed by atoms with Crippen molar-refractivity contribution in [2.45, 2.75) is 0 Å². The lowest BCUT2D eigenvalue weighted by molar-refractivity contribution is -0.149. The van der Waals surface area contributed by atoms with Gasteiger partial charge in [-0.3, -0.25) is 4.79 Å². The largest absolute Gasteiger partial charge is 0.516 e. The average molecular weight is 156 g/mol. The Balaban J connectivity index is 3.97. The van der Waals surface area contributed by atoms with E-state index < -0.39 is 11.8 Å². The number of hydrogen-bond donors (Lipinski definition) is 1. The van der Waals surface area contributed by atoms with Crippen molar-refractivity contribution in [2.75, 3.05) is 7.11 Å². The second-order valence-corrected chi connectivity index (χ2v) is 1.56. The molecular weight excluding hydrogens is 148 g/mol. The van der Waals surface area contributed by atoms with Crippen LogP contribution in [0.5, 0.6) is 0 Å². The Hall–Kier alpha value is -1.58. The van der Waals surface area contributed by atoms with Gasteiger partial charge in [-0.05, 0) is 12.2 Å². The standard InChI is InChI=1S/C7H8O4/c1-11-7(10)6(9)4-2-3-5-8/h2-5,8H,1H3/b4-2+,5-3-. The molecule has 0 rings (SSSR count). The number of methoxy groups -OCH3 is 1. The maximum Gasteiger partial charge on any atom is 0.378 e. The first kappa shape index (κ1) is 9.42. The van der Waals surface area contributed by atoms with Gasteiger partial charge in [0.25, 0.3) is 5.78 Å². The van der Waals surface area contributed by atoms with E-state index in [1.807, 2.05) is 0 Å². The topological polar surface area (TPSA) is 63.6 Å². The molecule has 4 heteroatoms. The van der Waals surface area contributed by atoms with Crippen LogP contribution in [0.3, 0.4) is 0 Å². The van der Waals surface area contributed by atoms with Gasteiger partial charge in [-0.25, -0.2) is 4.79 Å². The van der Waals surface area contributed by atoms with Crippen molar-refractivity contribution in [1.29, 1.82) is 0 Å². The summed E-state index contributed by atoms with van der Waals surface area (Å²) in [4.78, 5) is 21.0. The van der Waals surface area contributed by atoms with E-state index >= 15 is 0 Å². The fourth-order valence-corrected chi connectivity index (χ4v) is 0.361. The molecule has 0 fully saturated rings. The van der Waals surface area contributed by atoms with Crippen LogP contribution in [0.2, 0.25) is 0 Å². The lowest BCUT2D eigenvalue weighted by atomic mass is 10.3. The highest BCUT2D eigenvalue weighted by Crippen LogP contribution is 1.82. The van der Waals surface area contributed by atoms with Crippen molar-refractivity contribution in [1.82, 2.24) is 0 Å². The Kier molecular flexibility index (Phi) is 4.47. The van der Waals surface area contributed by atoms with E-state index in [1.54, 1.807) is 0 Å². The van der Waals surface area contributed by atoms with E-state index in [1.165, 1.54) is 12.2 Å². The molecular formula is C7H8O4. The quantitative estimate of drug-likeness (QED) is 0.210. The second kappa shape index (κ2) is 5.22. The summed E-state index contributed by atoms with van der Waals surface area (Å²) in [5, 5.41) is 8.12. The van der Waals surface area contributed by atoms with E-state index in [4.69, 9.17) is 5.11 Å². The maximum atomic E-state index is 10.6. The van der Waals surface area contributed by atoms with Gasteiger partial charge in [0, 0.05) is 0 Å². The van der Waals surface area contributed by atoms with Crippen molar-refractivity contribution in [2.24, 2.45) is 0 Å². The van der Waals surface area contributed by atoms with Crippen molar-refractivity contribution in [3.8, 4) is 0 Å². The van der Waals surface area contributed by atoms with Gasteiger partial charge >= 0.3 is 5.97 Å². The average Bonchev–Trinajstić information content (AvgIpc) is 2.03. The fraction of sp³-hybridized carbons (Fsp3) is 0.143. The van der Waals surface area contributed by atoms with E-state index in [0.29, 0.717) is 0 Å². The van der Waals surface area contributed by atoms with E-state index in [2.05, 4.69) is 4.74 Å². The molecule has 0 radical (unpaired) electrons. The molecule has 0 atom stereocenters. The molecule has 0 saturated carbocycles. The third kappa shape index (κ3) is 3.91. The monoisotopic (exact) mass is 156 g/mol. The zero-order valence-electron chi connectivity index (χ0n) is 5.98. The first-order chi connectivity index (χ1) is 5.22. The summed E-state index contributed by atoms with van der Waals surface area (Å²) in [6.07, 6.45) is 4.19. The van der Waals surface area contributed by atoms with Crippen LogP contribution in [0, 0.1) is 0 Å². The number of ketones is 1. The zero-order chi connectivity index (χ0) is 8.69. The molecule has 0 aliphatic rings. The molecule has 0 aromatic heterocycles. The lowest BCUT2D eigenvalue weighted by Crippen LogP contribution is -2.11. The van der Waals surface area contributed by atoms with Gasteiger partial charge in [0.1, 0.15) is 0 Å². The minimum absolute atomic E-state index is 0.751. The molecule has 0 aliphatic heterocycles. The molecule has 11 heavy (non-hydrogen) atoms. The Morgan fingerprint density at radius 3 is 2.45 bits per heavy atom. The number of aliphatic hydroxyl groups excluding tert-OH is 1. The van der Waals surface area contributed by atoms with Crippen molar-refractivity contribution >= 4 is 11.8 Å². The summed E-state index contributed by atoms with van der Waals surface area (Å²) >= 11 is 0. The van der Waals surface area contributed by atoms with Crippen molar-refractivity contribution in [3.63, 3.8) is 0 Å². The summed E-state index contributed by atoms with van der Waals surface area (Å²) in [5.41, 5.74) is 0. The molecule has 0 spiro atoms. The van der Waals surface area contributed by atoms with Crippen LogP contribution in [-0.2, 0) is 14.3 Å².